The fraction of sp³-hybridized carbons (Fsp3) is 0.714. The summed E-state index contributed by atoms with van der Waals surface area (Å²) in [6, 6.07) is 4.55. The van der Waals surface area contributed by atoms with Crippen LogP contribution in [-0.2, 0) is 11.2 Å². The van der Waals surface area contributed by atoms with E-state index in [0.717, 1.165) is 32.5 Å². The summed E-state index contributed by atoms with van der Waals surface area (Å²) in [4.78, 5) is 2.63. The third-order valence-corrected chi connectivity index (χ3v) is 6.24. The first-order valence-corrected chi connectivity index (χ1v) is 9.84. The van der Waals surface area contributed by atoms with E-state index in [9.17, 15) is 4.39 Å². The number of methoxy groups -OCH3 is 1. The topological polar surface area (TPSA) is 34.2 Å². The molecule has 3 unspecified atom stereocenters. The monoisotopic (exact) mass is 363 g/mol. The van der Waals surface area contributed by atoms with Crippen molar-refractivity contribution in [3.8, 4) is 11.5 Å². The Morgan fingerprint density at radius 1 is 1.35 bits per heavy atom. The summed E-state index contributed by atoms with van der Waals surface area (Å²) < 4.78 is 29.6. The zero-order valence-corrected chi connectivity index (χ0v) is 16.1. The van der Waals surface area contributed by atoms with Gasteiger partial charge < -0.3 is 14.2 Å². The summed E-state index contributed by atoms with van der Waals surface area (Å²) >= 11 is 0. The summed E-state index contributed by atoms with van der Waals surface area (Å²) in [6.07, 6.45) is 3.30. The first-order chi connectivity index (χ1) is 12.6. The quantitative estimate of drug-likeness (QED) is 0.721. The highest BCUT2D eigenvalue weighted by atomic mass is 19.1. The van der Waals surface area contributed by atoms with E-state index in [4.69, 9.17) is 14.2 Å². The molecule has 26 heavy (non-hydrogen) atoms. The minimum atomic E-state index is -0.492. The number of rotatable bonds is 6. The van der Waals surface area contributed by atoms with Crippen LogP contribution in [0, 0.1) is 11.8 Å². The van der Waals surface area contributed by atoms with E-state index in [1.165, 1.54) is 17.5 Å². The second kappa shape index (κ2) is 7.01. The Morgan fingerprint density at radius 3 is 2.81 bits per heavy atom. The molecule has 3 aliphatic heterocycles. The van der Waals surface area contributed by atoms with Gasteiger partial charge >= 0.3 is 0 Å². The number of halogens is 1. The average molecular weight is 363 g/mol. The van der Waals surface area contributed by atoms with Crippen molar-refractivity contribution < 1.29 is 18.6 Å². The Kier molecular flexibility index (Phi) is 4.86. The van der Waals surface area contributed by atoms with Crippen LogP contribution >= 0.6 is 0 Å². The molecule has 1 spiro atoms. The Morgan fingerprint density at radius 2 is 2.15 bits per heavy atom. The Labute approximate surface area is 155 Å². The van der Waals surface area contributed by atoms with E-state index >= 15 is 0 Å². The number of piperidine rings is 1. The lowest BCUT2D eigenvalue weighted by molar-refractivity contribution is 0.0224. The van der Waals surface area contributed by atoms with Gasteiger partial charge in [0.05, 0.1) is 19.3 Å². The van der Waals surface area contributed by atoms with Crippen LogP contribution in [0.4, 0.5) is 4.39 Å². The van der Waals surface area contributed by atoms with E-state index in [1.807, 2.05) is 0 Å². The van der Waals surface area contributed by atoms with E-state index in [1.54, 1.807) is 7.11 Å². The van der Waals surface area contributed by atoms with E-state index in [-0.39, 0.29) is 12.2 Å². The Hall–Kier alpha value is -1.33. The maximum atomic E-state index is 12.5. The number of benzene rings is 1. The number of hydrogen-bond donors (Lipinski definition) is 0. The summed E-state index contributed by atoms with van der Waals surface area (Å²) in [5, 5.41) is 0. The number of ether oxygens (including phenoxy) is 3. The molecule has 0 amide bonds. The van der Waals surface area contributed by atoms with Gasteiger partial charge in [0.25, 0.3) is 0 Å². The zero-order chi connectivity index (χ0) is 18.3. The van der Waals surface area contributed by atoms with E-state index in [0.29, 0.717) is 29.4 Å². The molecular weight excluding hydrogens is 333 g/mol. The van der Waals surface area contributed by atoms with Gasteiger partial charge in [-0.25, -0.2) is 4.39 Å². The van der Waals surface area contributed by atoms with Crippen LogP contribution in [0.25, 0.3) is 0 Å². The smallest absolute Gasteiger partial charge is 0.161 e. The molecular formula is C21H30FNO3. The molecule has 1 aromatic rings. The standard InChI is InChI=1S/C21H30FNO3/c1-14(2)8-16-12-23-6-4-15-9-20(25-7-5-22)19(24-3)10-17(15)18(23)11-21(16)13-26-21/h9-10,14,16,18H,4-8,11-13H2,1-3H3. The lowest BCUT2D eigenvalue weighted by Crippen LogP contribution is -2.50. The molecule has 2 fully saturated rings. The van der Waals surface area contributed by atoms with Gasteiger partial charge in [0, 0.05) is 25.0 Å². The van der Waals surface area contributed by atoms with Gasteiger partial charge in [-0.2, -0.15) is 0 Å². The number of alkyl halides is 1. The van der Waals surface area contributed by atoms with Crippen molar-refractivity contribution in [3.05, 3.63) is 23.3 Å². The molecule has 3 atom stereocenters. The van der Waals surface area contributed by atoms with Crippen LogP contribution in [0.2, 0.25) is 0 Å². The van der Waals surface area contributed by atoms with Crippen molar-refractivity contribution >= 4 is 0 Å². The highest BCUT2D eigenvalue weighted by Gasteiger charge is 2.57. The Balaban J connectivity index is 1.61. The van der Waals surface area contributed by atoms with Crippen molar-refractivity contribution in [1.82, 2.24) is 4.90 Å². The maximum Gasteiger partial charge on any atom is 0.161 e. The van der Waals surface area contributed by atoms with Crippen LogP contribution in [0.15, 0.2) is 12.1 Å². The van der Waals surface area contributed by atoms with Crippen molar-refractivity contribution in [3.63, 3.8) is 0 Å². The number of fused-ring (bicyclic) bond motifs is 3. The molecule has 0 saturated carbocycles. The van der Waals surface area contributed by atoms with Crippen molar-refractivity contribution in [2.45, 2.75) is 44.8 Å². The van der Waals surface area contributed by atoms with Crippen LogP contribution < -0.4 is 9.47 Å². The van der Waals surface area contributed by atoms with E-state index in [2.05, 4.69) is 30.9 Å². The van der Waals surface area contributed by atoms with Gasteiger partial charge in [0.2, 0.25) is 0 Å². The number of hydrogen-bond acceptors (Lipinski definition) is 4. The third-order valence-electron chi connectivity index (χ3n) is 6.24. The predicted molar refractivity (Wildman–Crippen MR) is 98.7 cm³/mol. The molecule has 0 bridgehead atoms. The fourth-order valence-electron chi connectivity index (χ4n) is 4.89. The van der Waals surface area contributed by atoms with Gasteiger partial charge in [-0.3, -0.25) is 4.90 Å². The highest BCUT2D eigenvalue weighted by molar-refractivity contribution is 5.50. The van der Waals surface area contributed by atoms with Crippen LogP contribution in [0.1, 0.15) is 43.9 Å². The third kappa shape index (κ3) is 3.20. The fourth-order valence-corrected chi connectivity index (χ4v) is 4.89. The van der Waals surface area contributed by atoms with Crippen molar-refractivity contribution in [1.29, 1.82) is 0 Å². The predicted octanol–water partition coefficient (Wildman–Crippen LogP) is 3.78. The lowest BCUT2D eigenvalue weighted by atomic mass is 9.74. The minimum absolute atomic E-state index is 0.0680. The van der Waals surface area contributed by atoms with Gasteiger partial charge in [-0.15, -0.1) is 0 Å². The molecule has 0 aliphatic carbocycles. The molecule has 0 radical (unpaired) electrons. The molecule has 144 valence electrons. The number of nitrogens with zero attached hydrogens (tertiary/aromatic N) is 1. The normalized spacial score (nSPS) is 30.2. The lowest BCUT2D eigenvalue weighted by Gasteiger charge is -2.47. The highest BCUT2D eigenvalue weighted by Crippen LogP contribution is 2.53. The van der Waals surface area contributed by atoms with E-state index < -0.39 is 6.67 Å². The summed E-state index contributed by atoms with van der Waals surface area (Å²) in [6.45, 7) is 7.27. The maximum absolute atomic E-state index is 12.5. The van der Waals surface area contributed by atoms with Gasteiger partial charge in [0.15, 0.2) is 11.5 Å². The minimum Gasteiger partial charge on any atom is -0.493 e. The van der Waals surface area contributed by atoms with Crippen molar-refractivity contribution in [2.24, 2.45) is 11.8 Å². The first kappa shape index (κ1) is 18.1. The molecule has 0 aromatic heterocycles. The molecule has 3 heterocycles. The Bertz CT molecular complexity index is 659. The summed E-state index contributed by atoms with van der Waals surface area (Å²) in [7, 11) is 1.65. The summed E-state index contributed by atoms with van der Waals surface area (Å²) in [5.74, 6) is 2.69. The number of epoxide rings is 1. The molecule has 3 aliphatic rings. The average Bonchev–Trinajstić information content (AvgIpc) is 3.40. The SMILES string of the molecule is COc1cc2c(cc1OCCF)CCN1CC(CC(C)C)C3(CO3)CC21. The molecule has 2 saturated heterocycles. The molecule has 4 nitrogen and oxygen atoms in total. The zero-order valence-electron chi connectivity index (χ0n) is 16.1. The largest absolute Gasteiger partial charge is 0.493 e. The summed E-state index contributed by atoms with van der Waals surface area (Å²) in [5.41, 5.74) is 2.72. The van der Waals surface area contributed by atoms with Gasteiger partial charge in [-0.05, 0) is 48.4 Å². The van der Waals surface area contributed by atoms with Crippen LogP contribution in [0.3, 0.4) is 0 Å². The molecule has 1 aromatic carbocycles. The molecule has 0 N–H and O–H groups in total. The van der Waals surface area contributed by atoms with Gasteiger partial charge in [-0.1, -0.05) is 13.8 Å². The second-order valence-electron chi connectivity index (χ2n) is 8.38. The molecule has 4 rings (SSSR count). The van der Waals surface area contributed by atoms with Crippen molar-refractivity contribution in [2.75, 3.05) is 40.1 Å². The first-order valence-electron chi connectivity index (χ1n) is 9.84. The molecule has 5 heteroatoms. The van der Waals surface area contributed by atoms with Crippen LogP contribution in [0.5, 0.6) is 11.5 Å². The second-order valence-corrected chi connectivity index (χ2v) is 8.38. The van der Waals surface area contributed by atoms with Crippen LogP contribution in [-0.4, -0.2) is 50.6 Å². The van der Waals surface area contributed by atoms with Gasteiger partial charge in [0.1, 0.15) is 13.3 Å².